The molecule has 1 unspecified atom stereocenters. The monoisotopic (exact) mass is 113 g/mol. The predicted octanol–water partition coefficient (Wildman–Crippen LogP) is 0.902. The molecule has 0 spiro atoms. The highest BCUT2D eigenvalue weighted by Crippen LogP contribution is 1.77. The second-order valence-electron chi connectivity index (χ2n) is 1.01. The average molecular weight is 113 g/mol. The van der Waals surface area contributed by atoms with Gasteiger partial charge in [0.25, 0.3) is 0 Å². The van der Waals surface area contributed by atoms with Gasteiger partial charge in [-0.15, -0.1) is 0 Å². The Morgan fingerprint density at radius 3 is 2.88 bits per heavy atom. The molecule has 0 saturated heterocycles. The van der Waals surface area contributed by atoms with Gasteiger partial charge >= 0.3 is 5.97 Å². The second kappa shape index (κ2) is 4.12. The Hall–Kier alpha value is -1.05. The number of rotatable bonds is 3. The predicted molar refractivity (Wildman–Crippen MR) is 31.4 cm³/mol. The Bertz CT molecular complexity index is 131. The standard InChI is InChI=1S/C6H8O2/c1-3-5-8-6(7)4-2/h3-4H,1-2,5H2/i5D. The summed E-state index contributed by atoms with van der Waals surface area (Å²) in [6, 6.07) is 0. The molecule has 44 valence electrons. The molecule has 0 aromatic heterocycles. The van der Waals surface area contributed by atoms with E-state index in [-0.39, 0.29) is 0 Å². The third-order valence-corrected chi connectivity index (χ3v) is 0.447. The van der Waals surface area contributed by atoms with Crippen molar-refractivity contribution in [3.05, 3.63) is 25.3 Å². The molecular formula is C6H8O2. The van der Waals surface area contributed by atoms with Crippen LogP contribution in [-0.4, -0.2) is 12.6 Å². The maximum Gasteiger partial charge on any atom is 0.330 e. The summed E-state index contributed by atoms with van der Waals surface area (Å²) in [6.45, 7) is 5.43. The molecule has 2 nitrogen and oxygen atoms in total. The summed E-state index contributed by atoms with van der Waals surface area (Å²) in [6.07, 6.45) is 2.21. The van der Waals surface area contributed by atoms with Crippen LogP contribution in [-0.2, 0) is 9.53 Å². The summed E-state index contributed by atoms with van der Waals surface area (Å²) in [5.74, 6) is -0.602. The van der Waals surface area contributed by atoms with Gasteiger partial charge in [-0.2, -0.15) is 0 Å². The van der Waals surface area contributed by atoms with Crippen LogP contribution in [0.25, 0.3) is 0 Å². The summed E-state index contributed by atoms with van der Waals surface area (Å²) in [5, 5.41) is 0. The Morgan fingerprint density at radius 2 is 2.50 bits per heavy atom. The highest BCUT2D eigenvalue weighted by molar-refractivity contribution is 5.81. The quantitative estimate of drug-likeness (QED) is 0.309. The Morgan fingerprint density at radius 1 is 1.88 bits per heavy atom. The van der Waals surface area contributed by atoms with E-state index in [0.29, 0.717) is 0 Å². The van der Waals surface area contributed by atoms with E-state index in [9.17, 15) is 4.79 Å². The number of esters is 1. The Balaban J connectivity index is 3.58. The van der Waals surface area contributed by atoms with Crippen molar-refractivity contribution in [2.45, 2.75) is 0 Å². The highest BCUT2D eigenvalue weighted by atomic mass is 16.5. The lowest BCUT2D eigenvalue weighted by Gasteiger charge is -1.92. The van der Waals surface area contributed by atoms with Crippen LogP contribution < -0.4 is 0 Å². The van der Waals surface area contributed by atoms with Crippen molar-refractivity contribution in [3.8, 4) is 0 Å². The molecule has 0 amide bonds. The fourth-order valence-electron chi connectivity index (χ4n) is 0.163. The van der Waals surface area contributed by atoms with Crippen molar-refractivity contribution in [1.82, 2.24) is 0 Å². The van der Waals surface area contributed by atoms with Crippen molar-refractivity contribution in [3.63, 3.8) is 0 Å². The van der Waals surface area contributed by atoms with Crippen LogP contribution in [0.4, 0.5) is 0 Å². The molecule has 0 saturated carbocycles. The van der Waals surface area contributed by atoms with Gasteiger partial charge < -0.3 is 4.74 Å². The minimum atomic E-state index is -0.976. The topological polar surface area (TPSA) is 26.3 Å². The summed E-state index contributed by atoms with van der Waals surface area (Å²) >= 11 is 0. The zero-order valence-corrected chi connectivity index (χ0v) is 4.46. The van der Waals surface area contributed by atoms with Crippen LogP contribution in [0.2, 0.25) is 0 Å². The third-order valence-electron chi connectivity index (χ3n) is 0.447. The molecule has 8 heavy (non-hydrogen) atoms. The van der Waals surface area contributed by atoms with Gasteiger partial charge in [-0.25, -0.2) is 4.79 Å². The van der Waals surface area contributed by atoms with Gasteiger partial charge in [0.1, 0.15) is 6.58 Å². The zero-order valence-electron chi connectivity index (χ0n) is 5.46. The molecule has 0 bridgehead atoms. The number of carbonyl (C=O) groups is 1. The van der Waals surface area contributed by atoms with Gasteiger partial charge in [0, 0.05) is 6.08 Å². The molecule has 0 heterocycles. The van der Waals surface area contributed by atoms with Crippen LogP contribution in [0, 0.1) is 0 Å². The second-order valence-corrected chi connectivity index (χ2v) is 1.01. The lowest BCUT2D eigenvalue weighted by Crippen LogP contribution is -1.98. The molecule has 0 aliphatic carbocycles. The molecule has 0 aromatic carbocycles. The van der Waals surface area contributed by atoms with Gasteiger partial charge in [0.15, 0.2) is 0 Å². The number of hydrogen-bond donors (Lipinski definition) is 0. The van der Waals surface area contributed by atoms with Gasteiger partial charge in [0.2, 0.25) is 0 Å². The lowest BCUT2D eigenvalue weighted by atomic mass is 10.6. The SMILES string of the molecule is [2H]C(C=C)OC(=O)C=C. The van der Waals surface area contributed by atoms with Crippen LogP contribution in [0.3, 0.4) is 0 Å². The van der Waals surface area contributed by atoms with Crippen LogP contribution in [0.1, 0.15) is 1.37 Å². The Labute approximate surface area is 49.9 Å². The molecule has 0 radical (unpaired) electrons. The Kier molecular flexibility index (Phi) is 2.62. The summed E-state index contributed by atoms with van der Waals surface area (Å²) in [5.41, 5.74) is 0. The largest absolute Gasteiger partial charge is 0.458 e. The molecule has 0 fully saturated rings. The van der Waals surface area contributed by atoms with E-state index in [1.165, 1.54) is 6.08 Å². The van der Waals surface area contributed by atoms with Crippen LogP contribution >= 0.6 is 0 Å². The molecule has 0 aliphatic rings. The minimum absolute atomic E-state index is 0.602. The first-order valence-corrected chi connectivity index (χ1v) is 2.08. The third kappa shape index (κ3) is 3.15. The zero-order chi connectivity index (χ0) is 7.28. The van der Waals surface area contributed by atoms with Crippen LogP contribution in [0.15, 0.2) is 25.3 Å². The van der Waals surface area contributed by atoms with Crippen molar-refractivity contribution in [2.24, 2.45) is 0 Å². The van der Waals surface area contributed by atoms with E-state index in [1.807, 2.05) is 0 Å². The van der Waals surface area contributed by atoms with Crippen LogP contribution in [0.5, 0.6) is 0 Å². The lowest BCUT2D eigenvalue weighted by molar-refractivity contribution is -0.136. The molecular weight excluding hydrogens is 104 g/mol. The number of hydrogen-bond acceptors (Lipinski definition) is 2. The first-order chi connectivity index (χ1) is 4.20. The summed E-state index contributed by atoms with van der Waals surface area (Å²) < 4.78 is 11.2. The fourth-order valence-corrected chi connectivity index (χ4v) is 0.163. The van der Waals surface area contributed by atoms with Gasteiger partial charge in [-0.1, -0.05) is 19.2 Å². The van der Waals surface area contributed by atoms with E-state index in [0.717, 1.165) is 6.08 Å². The van der Waals surface area contributed by atoms with Crippen molar-refractivity contribution in [2.75, 3.05) is 6.58 Å². The summed E-state index contributed by atoms with van der Waals surface area (Å²) in [4.78, 5) is 10.3. The van der Waals surface area contributed by atoms with Crippen molar-refractivity contribution >= 4 is 5.97 Å². The van der Waals surface area contributed by atoms with Crippen molar-refractivity contribution < 1.29 is 10.9 Å². The first-order valence-electron chi connectivity index (χ1n) is 2.66. The van der Waals surface area contributed by atoms with Gasteiger partial charge in [-0.3, -0.25) is 0 Å². The first kappa shape index (κ1) is 5.09. The molecule has 2 heteroatoms. The molecule has 0 rings (SSSR count). The van der Waals surface area contributed by atoms with Crippen molar-refractivity contribution in [1.29, 1.82) is 0 Å². The molecule has 0 aliphatic heterocycles. The normalized spacial score (nSPS) is 13.2. The number of ether oxygens (including phenoxy) is 1. The maximum atomic E-state index is 10.3. The minimum Gasteiger partial charge on any atom is -0.458 e. The van der Waals surface area contributed by atoms with E-state index < -0.39 is 12.6 Å². The molecule has 0 N–H and O–H groups in total. The molecule has 0 aromatic rings. The highest BCUT2D eigenvalue weighted by Gasteiger charge is 1.87. The maximum absolute atomic E-state index is 10.3. The molecule has 1 atom stereocenters. The van der Waals surface area contributed by atoms with Gasteiger partial charge in [-0.05, 0) is 0 Å². The van der Waals surface area contributed by atoms with E-state index >= 15 is 0 Å². The fraction of sp³-hybridized carbons (Fsp3) is 0.167. The number of carbonyl (C=O) groups excluding carboxylic acids is 1. The van der Waals surface area contributed by atoms with E-state index in [4.69, 9.17) is 1.37 Å². The average Bonchev–Trinajstić information content (AvgIpc) is 1.87. The van der Waals surface area contributed by atoms with E-state index in [1.54, 1.807) is 0 Å². The van der Waals surface area contributed by atoms with Gasteiger partial charge in [0.05, 0.1) is 1.37 Å². The van der Waals surface area contributed by atoms with E-state index in [2.05, 4.69) is 17.9 Å². The smallest absolute Gasteiger partial charge is 0.330 e. The summed E-state index contributed by atoms with van der Waals surface area (Å²) in [7, 11) is 0.